The first-order valence-electron chi connectivity index (χ1n) is 11.4. The molecule has 2 aromatic heterocycles. The molecule has 1 aliphatic rings. The van der Waals surface area contributed by atoms with Gasteiger partial charge in [-0.25, -0.2) is 4.98 Å². The molecule has 8 nitrogen and oxygen atoms in total. The van der Waals surface area contributed by atoms with E-state index < -0.39 is 0 Å². The number of carbonyl (C=O) groups is 1. The van der Waals surface area contributed by atoms with Crippen LogP contribution in [-0.4, -0.2) is 39.3 Å². The summed E-state index contributed by atoms with van der Waals surface area (Å²) in [6, 6.07) is 16.3. The number of anilines is 3. The molecule has 4 aromatic rings. The van der Waals surface area contributed by atoms with Crippen molar-refractivity contribution in [3.8, 4) is 11.9 Å². The molecule has 0 atom stereocenters. The van der Waals surface area contributed by atoms with E-state index in [0.717, 1.165) is 48.1 Å². The van der Waals surface area contributed by atoms with Gasteiger partial charge in [0.1, 0.15) is 17.9 Å². The van der Waals surface area contributed by atoms with Crippen LogP contribution >= 0.6 is 0 Å². The van der Waals surface area contributed by atoms with E-state index in [0.29, 0.717) is 22.9 Å². The molecular formula is C27H25N7O. The number of carbonyl (C=O) groups excluding carboxylic acids is 1. The van der Waals surface area contributed by atoms with Crippen LogP contribution < -0.4 is 10.6 Å². The van der Waals surface area contributed by atoms with E-state index in [1.807, 2.05) is 41.1 Å². The van der Waals surface area contributed by atoms with Gasteiger partial charge in [0, 0.05) is 47.8 Å². The van der Waals surface area contributed by atoms with Crippen molar-refractivity contribution >= 4 is 34.5 Å². The fraction of sp³-hybridized carbons (Fsp3) is 0.185. The molecule has 8 heteroatoms. The van der Waals surface area contributed by atoms with E-state index in [-0.39, 0.29) is 0 Å². The van der Waals surface area contributed by atoms with Crippen molar-refractivity contribution in [2.75, 3.05) is 24.2 Å². The molecule has 2 aromatic carbocycles. The van der Waals surface area contributed by atoms with Crippen molar-refractivity contribution in [2.45, 2.75) is 19.9 Å². The lowest BCUT2D eigenvalue weighted by molar-refractivity contribution is -0.104. The molecule has 0 unspecified atom stereocenters. The summed E-state index contributed by atoms with van der Waals surface area (Å²) in [4.78, 5) is 22.3. The van der Waals surface area contributed by atoms with Crippen molar-refractivity contribution in [1.29, 1.82) is 5.26 Å². The van der Waals surface area contributed by atoms with Gasteiger partial charge in [0.05, 0.1) is 11.7 Å². The first-order chi connectivity index (χ1) is 17.1. The molecule has 1 aliphatic heterocycles. The zero-order chi connectivity index (χ0) is 24.4. The van der Waals surface area contributed by atoms with Crippen molar-refractivity contribution in [3.63, 3.8) is 0 Å². The minimum absolute atomic E-state index is 0.371. The van der Waals surface area contributed by atoms with Gasteiger partial charge in [0.15, 0.2) is 5.82 Å². The van der Waals surface area contributed by atoms with Crippen molar-refractivity contribution in [3.05, 3.63) is 83.3 Å². The fourth-order valence-electron chi connectivity index (χ4n) is 4.30. The Labute approximate surface area is 203 Å². The molecule has 3 heterocycles. The number of aldehydes is 1. The lowest BCUT2D eigenvalue weighted by Gasteiger charge is -2.25. The van der Waals surface area contributed by atoms with Crippen LogP contribution in [0.25, 0.3) is 16.7 Å². The summed E-state index contributed by atoms with van der Waals surface area (Å²) in [6.45, 7) is 3.72. The van der Waals surface area contributed by atoms with E-state index in [9.17, 15) is 10.1 Å². The van der Waals surface area contributed by atoms with Gasteiger partial charge in [-0.3, -0.25) is 9.36 Å². The predicted octanol–water partition coefficient (Wildman–Crippen LogP) is 4.54. The molecule has 0 spiro atoms. The first-order valence-corrected chi connectivity index (χ1v) is 11.4. The SMILES string of the molecule is CC(C=O)=CNc1cccc2c1ccn2-c1nc(Nc2ccc3c(c2)CN(C)CC3)ncc1C#N. The van der Waals surface area contributed by atoms with Crippen molar-refractivity contribution < 1.29 is 4.79 Å². The van der Waals surface area contributed by atoms with Gasteiger partial charge in [-0.15, -0.1) is 0 Å². The number of hydrogen-bond acceptors (Lipinski definition) is 7. The highest BCUT2D eigenvalue weighted by Gasteiger charge is 2.16. The minimum atomic E-state index is 0.371. The van der Waals surface area contributed by atoms with E-state index in [4.69, 9.17) is 4.98 Å². The Morgan fingerprint density at radius 3 is 2.91 bits per heavy atom. The third-order valence-electron chi connectivity index (χ3n) is 6.16. The van der Waals surface area contributed by atoms with Gasteiger partial charge in [0.2, 0.25) is 5.95 Å². The summed E-state index contributed by atoms with van der Waals surface area (Å²) in [7, 11) is 2.13. The zero-order valence-corrected chi connectivity index (χ0v) is 19.6. The number of aromatic nitrogens is 3. The molecule has 2 N–H and O–H groups in total. The maximum absolute atomic E-state index is 10.9. The minimum Gasteiger partial charge on any atom is -0.361 e. The average molecular weight is 464 g/mol. The Kier molecular flexibility index (Phi) is 6.00. The molecule has 0 amide bonds. The highest BCUT2D eigenvalue weighted by molar-refractivity contribution is 5.94. The molecule has 0 saturated carbocycles. The number of nitrogens with zero attached hydrogens (tertiary/aromatic N) is 5. The van der Waals surface area contributed by atoms with Gasteiger partial charge in [-0.05, 0) is 61.9 Å². The standard InChI is InChI=1S/C27H25N7O/c1-18(17-35)14-29-24-4-3-5-25-23(24)9-11-34(25)26-21(13-28)15-30-27(32-26)31-22-7-6-19-8-10-33(2)16-20(19)12-22/h3-7,9,11-12,14-15,17,29H,8,10,16H2,1-2H3,(H,30,31,32). The summed E-state index contributed by atoms with van der Waals surface area (Å²) in [5.41, 5.74) is 6.28. The average Bonchev–Trinajstić information content (AvgIpc) is 3.31. The molecule has 0 saturated heterocycles. The largest absolute Gasteiger partial charge is 0.361 e. The van der Waals surface area contributed by atoms with E-state index >= 15 is 0 Å². The first kappa shape index (κ1) is 22.3. The summed E-state index contributed by atoms with van der Waals surface area (Å²) >= 11 is 0. The number of hydrogen-bond donors (Lipinski definition) is 2. The Bertz CT molecular complexity index is 1500. The van der Waals surface area contributed by atoms with Gasteiger partial charge in [-0.2, -0.15) is 10.2 Å². The second kappa shape index (κ2) is 9.41. The van der Waals surface area contributed by atoms with Crippen LogP contribution in [0.4, 0.5) is 17.3 Å². The fourth-order valence-corrected chi connectivity index (χ4v) is 4.30. The monoisotopic (exact) mass is 463 g/mol. The summed E-state index contributed by atoms with van der Waals surface area (Å²) < 4.78 is 1.88. The number of benzene rings is 2. The zero-order valence-electron chi connectivity index (χ0n) is 19.6. The predicted molar refractivity (Wildman–Crippen MR) is 137 cm³/mol. The second-order valence-corrected chi connectivity index (χ2v) is 8.71. The Morgan fingerprint density at radius 2 is 2.09 bits per heavy atom. The molecule has 0 fully saturated rings. The number of nitriles is 1. The van der Waals surface area contributed by atoms with Gasteiger partial charge in [0.25, 0.3) is 0 Å². The van der Waals surface area contributed by atoms with Crippen LogP contribution in [0.15, 0.2) is 66.6 Å². The highest BCUT2D eigenvalue weighted by atomic mass is 16.1. The Hall–Kier alpha value is -4.48. The van der Waals surface area contributed by atoms with Crippen LogP contribution in [0.5, 0.6) is 0 Å². The highest BCUT2D eigenvalue weighted by Crippen LogP contribution is 2.29. The molecular weight excluding hydrogens is 438 g/mol. The van der Waals surface area contributed by atoms with E-state index in [1.165, 1.54) is 11.1 Å². The molecule has 0 radical (unpaired) electrons. The number of rotatable bonds is 6. The van der Waals surface area contributed by atoms with E-state index in [2.05, 4.69) is 45.8 Å². The lowest BCUT2D eigenvalue weighted by Crippen LogP contribution is -2.26. The normalized spacial score (nSPS) is 13.8. The van der Waals surface area contributed by atoms with Crippen molar-refractivity contribution in [1.82, 2.24) is 19.4 Å². The molecule has 0 aliphatic carbocycles. The quantitative estimate of drug-likeness (QED) is 0.320. The van der Waals surface area contributed by atoms with Crippen LogP contribution in [0, 0.1) is 11.3 Å². The maximum Gasteiger partial charge on any atom is 0.229 e. The smallest absolute Gasteiger partial charge is 0.229 e. The third-order valence-corrected chi connectivity index (χ3v) is 6.16. The number of allylic oxidation sites excluding steroid dienone is 1. The third kappa shape index (κ3) is 4.50. The van der Waals surface area contributed by atoms with Gasteiger partial charge in [-0.1, -0.05) is 12.1 Å². The van der Waals surface area contributed by atoms with Crippen LogP contribution in [0.2, 0.25) is 0 Å². The number of fused-ring (bicyclic) bond motifs is 2. The van der Waals surface area contributed by atoms with Crippen LogP contribution in [0.3, 0.4) is 0 Å². The Balaban J connectivity index is 1.50. The molecule has 174 valence electrons. The topological polar surface area (TPSA) is 98.9 Å². The Morgan fingerprint density at radius 1 is 1.20 bits per heavy atom. The van der Waals surface area contributed by atoms with Crippen LogP contribution in [-0.2, 0) is 17.8 Å². The number of likely N-dealkylation sites (N-methyl/N-ethyl adjacent to an activating group) is 1. The summed E-state index contributed by atoms with van der Waals surface area (Å²) in [5, 5.41) is 17.2. The second-order valence-electron chi connectivity index (χ2n) is 8.71. The lowest BCUT2D eigenvalue weighted by atomic mass is 9.99. The summed E-state index contributed by atoms with van der Waals surface area (Å²) in [5.74, 6) is 0.915. The molecule has 35 heavy (non-hydrogen) atoms. The molecule has 5 rings (SSSR count). The van der Waals surface area contributed by atoms with Crippen LogP contribution in [0.1, 0.15) is 23.6 Å². The maximum atomic E-state index is 10.9. The van der Waals surface area contributed by atoms with E-state index in [1.54, 1.807) is 19.3 Å². The van der Waals surface area contributed by atoms with Gasteiger partial charge < -0.3 is 15.5 Å². The number of nitrogens with one attached hydrogen (secondary N) is 2. The van der Waals surface area contributed by atoms with Crippen molar-refractivity contribution in [2.24, 2.45) is 0 Å². The summed E-state index contributed by atoms with van der Waals surface area (Å²) in [6.07, 6.45) is 6.94. The van der Waals surface area contributed by atoms with Gasteiger partial charge >= 0.3 is 0 Å². The molecule has 0 bridgehead atoms.